The second-order valence-electron chi connectivity index (χ2n) is 5.81. The lowest BCUT2D eigenvalue weighted by Crippen LogP contribution is -2.58. The predicted octanol–water partition coefficient (Wildman–Crippen LogP) is 3.05. The van der Waals surface area contributed by atoms with Gasteiger partial charge in [-0.1, -0.05) is 25.1 Å². The normalized spacial score (nSPS) is 31.1. The zero-order valence-electron chi connectivity index (χ0n) is 11.8. The van der Waals surface area contributed by atoms with E-state index < -0.39 is 0 Å². The molecule has 1 saturated heterocycles. The van der Waals surface area contributed by atoms with Crippen LogP contribution in [0.4, 0.5) is 5.69 Å². The van der Waals surface area contributed by atoms with Crippen LogP contribution in [-0.4, -0.2) is 29.6 Å². The Hall–Kier alpha value is -0.670. The fraction of sp³-hybridized carbons (Fsp3) is 0.625. The van der Waals surface area contributed by atoms with E-state index in [9.17, 15) is 0 Å². The van der Waals surface area contributed by atoms with Crippen LogP contribution in [0, 0.1) is 0 Å². The summed E-state index contributed by atoms with van der Waals surface area (Å²) in [4.78, 5) is 2.65. The van der Waals surface area contributed by atoms with Crippen molar-refractivity contribution in [3.8, 4) is 0 Å². The average Bonchev–Trinajstić information content (AvgIpc) is 2.69. The number of rotatable bonds is 2. The highest BCUT2D eigenvalue weighted by Crippen LogP contribution is 2.43. The van der Waals surface area contributed by atoms with Crippen LogP contribution in [0.25, 0.3) is 0 Å². The zero-order valence-corrected chi connectivity index (χ0v) is 12.6. The van der Waals surface area contributed by atoms with Crippen LogP contribution in [0.3, 0.4) is 0 Å². The van der Waals surface area contributed by atoms with Gasteiger partial charge >= 0.3 is 0 Å². The summed E-state index contributed by atoms with van der Waals surface area (Å²) in [5, 5.41) is 0.628. The maximum atomic E-state index is 6.24. The summed E-state index contributed by atoms with van der Waals surface area (Å²) in [6, 6.07) is 8.94. The van der Waals surface area contributed by atoms with Crippen molar-refractivity contribution in [1.82, 2.24) is 0 Å². The van der Waals surface area contributed by atoms with Crippen LogP contribution < -0.4 is 10.6 Å². The van der Waals surface area contributed by atoms with Crippen LogP contribution in [0.2, 0.25) is 0 Å². The Morgan fingerprint density at radius 2 is 2.21 bits per heavy atom. The highest BCUT2D eigenvalue weighted by Gasteiger charge is 2.45. The molecule has 0 aliphatic carbocycles. The Balaban J connectivity index is 2.04. The van der Waals surface area contributed by atoms with E-state index in [-0.39, 0.29) is 5.54 Å². The fourth-order valence-electron chi connectivity index (χ4n) is 3.66. The molecular weight excluding hydrogens is 252 g/mol. The second kappa shape index (κ2) is 5.37. The van der Waals surface area contributed by atoms with Crippen molar-refractivity contribution < 1.29 is 0 Å². The maximum absolute atomic E-state index is 6.24. The van der Waals surface area contributed by atoms with Crippen molar-refractivity contribution in [1.29, 1.82) is 0 Å². The first kappa shape index (κ1) is 13.3. The van der Waals surface area contributed by atoms with E-state index in [2.05, 4.69) is 47.9 Å². The molecule has 104 valence electrons. The molecule has 2 heterocycles. The van der Waals surface area contributed by atoms with Crippen molar-refractivity contribution in [3.05, 3.63) is 29.8 Å². The molecule has 0 radical (unpaired) electrons. The molecule has 1 aromatic rings. The smallest absolute Gasteiger partial charge is 0.0647 e. The molecule has 0 bridgehead atoms. The third kappa shape index (κ3) is 2.17. The monoisotopic (exact) mass is 276 g/mol. The van der Waals surface area contributed by atoms with Gasteiger partial charge in [-0.3, -0.25) is 0 Å². The Morgan fingerprint density at radius 1 is 1.37 bits per heavy atom. The lowest BCUT2D eigenvalue weighted by Gasteiger charge is -2.45. The van der Waals surface area contributed by atoms with Crippen molar-refractivity contribution in [2.75, 3.05) is 23.7 Å². The molecule has 0 saturated carbocycles. The molecule has 3 heteroatoms. The summed E-state index contributed by atoms with van der Waals surface area (Å²) in [6.45, 7) is 4.30. The van der Waals surface area contributed by atoms with Gasteiger partial charge in [0.25, 0.3) is 0 Å². The van der Waals surface area contributed by atoms with Crippen LogP contribution in [0.15, 0.2) is 24.3 Å². The quantitative estimate of drug-likeness (QED) is 0.900. The number of hydrogen-bond donors (Lipinski definition) is 1. The number of hydrogen-bond acceptors (Lipinski definition) is 3. The Labute approximate surface area is 120 Å². The fourth-order valence-corrected chi connectivity index (χ4v) is 5.13. The van der Waals surface area contributed by atoms with Crippen LogP contribution in [0.5, 0.6) is 0 Å². The minimum absolute atomic E-state index is 0.172. The summed E-state index contributed by atoms with van der Waals surface area (Å²) in [5.74, 6) is 1.25. The van der Waals surface area contributed by atoms with Gasteiger partial charge in [-0.15, -0.1) is 0 Å². The predicted molar refractivity (Wildman–Crippen MR) is 85.0 cm³/mol. The number of benzene rings is 1. The van der Waals surface area contributed by atoms with E-state index in [0.717, 1.165) is 6.54 Å². The molecule has 2 aliphatic rings. The largest absolute Gasteiger partial charge is 0.363 e. The molecule has 19 heavy (non-hydrogen) atoms. The second-order valence-corrected chi connectivity index (χ2v) is 7.26. The lowest BCUT2D eigenvalue weighted by molar-refractivity contribution is 0.393. The van der Waals surface area contributed by atoms with Crippen molar-refractivity contribution >= 4 is 17.4 Å². The van der Waals surface area contributed by atoms with E-state index >= 15 is 0 Å². The topological polar surface area (TPSA) is 29.3 Å². The zero-order chi connectivity index (χ0) is 13.3. The van der Waals surface area contributed by atoms with Crippen molar-refractivity contribution in [2.24, 2.45) is 5.73 Å². The number of nitrogens with two attached hydrogens (primary N) is 1. The summed E-state index contributed by atoms with van der Waals surface area (Å²) in [6.07, 6.45) is 5.03. The van der Waals surface area contributed by atoms with E-state index in [4.69, 9.17) is 5.73 Å². The van der Waals surface area contributed by atoms with E-state index in [1.54, 1.807) is 0 Å². The Bertz CT molecular complexity index is 448. The first-order chi connectivity index (χ1) is 9.28. The summed E-state index contributed by atoms with van der Waals surface area (Å²) >= 11 is 2.08. The molecule has 3 rings (SSSR count). The third-order valence-corrected chi connectivity index (χ3v) is 6.29. The number of fused-ring (bicyclic) bond motifs is 1. The summed E-state index contributed by atoms with van der Waals surface area (Å²) in [7, 11) is 0. The third-order valence-electron chi connectivity index (χ3n) is 4.91. The van der Waals surface area contributed by atoms with E-state index in [1.807, 2.05) is 0 Å². The maximum Gasteiger partial charge on any atom is 0.0647 e. The molecule has 0 spiro atoms. The standard InChI is InChI=1S/C16H24N2S/c1-13-16(12-17,9-11-19-13)18-10-5-4-7-14-6-2-3-8-15(14)18/h2-3,6,8,13H,4-5,7,9-12,17H2,1H3. The van der Waals surface area contributed by atoms with Gasteiger partial charge in [-0.25, -0.2) is 0 Å². The number of anilines is 1. The molecule has 1 aromatic carbocycles. The van der Waals surface area contributed by atoms with Gasteiger partial charge in [0.2, 0.25) is 0 Å². The van der Waals surface area contributed by atoms with Crippen LogP contribution in [0.1, 0.15) is 31.7 Å². The first-order valence-corrected chi connectivity index (χ1v) is 8.50. The summed E-state index contributed by atoms with van der Waals surface area (Å²) in [5.41, 5.74) is 9.37. The van der Waals surface area contributed by atoms with Crippen LogP contribution in [-0.2, 0) is 6.42 Å². The van der Waals surface area contributed by atoms with Gasteiger partial charge in [-0.2, -0.15) is 11.8 Å². The number of thioether (sulfide) groups is 1. The number of aryl methyl sites for hydroxylation is 1. The van der Waals surface area contributed by atoms with E-state index in [0.29, 0.717) is 5.25 Å². The minimum atomic E-state index is 0.172. The SMILES string of the molecule is CC1SCCC1(CN)N1CCCCc2ccccc21. The molecule has 2 unspecified atom stereocenters. The van der Waals surface area contributed by atoms with Crippen molar-refractivity contribution in [3.63, 3.8) is 0 Å². The number of nitrogens with zero attached hydrogens (tertiary/aromatic N) is 1. The van der Waals surface area contributed by atoms with E-state index in [1.165, 1.54) is 49.2 Å². The molecule has 1 fully saturated rings. The molecular formula is C16H24N2S. The summed E-state index contributed by atoms with van der Waals surface area (Å²) < 4.78 is 0. The molecule has 2 aliphatic heterocycles. The van der Waals surface area contributed by atoms with Gasteiger partial charge < -0.3 is 10.6 Å². The highest BCUT2D eigenvalue weighted by atomic mass is 32.2. The lowest BCUT2D eigenvalue weighted by atomic mass is 9.89. The highest BCUT2D eigenvalue weighted by molar-refractivity contribution is 8.00. The molecule has 0 aromatic heterocycles. The average molecular weight is 276 g/mol. The first-order valence-electron chi connectivity index (χ1n) is 7.45. The Morgan fingerprint density at radius 3 is 2.95 bits per heavy atom. The van der Waals surface area contributed by atoms with Crippen LogP contribution >= 0.6 is 11.8 Å². The van der Waals surface area contributed by atoms with Gasteiger partial charge in [0.1, 0.15) is 0 Å². The molecule has 0 amide bonds. The molecule has 2 nitrogen and oxygen atoms in total. The minimum Gasteiger partial charge on any atom is -0.363 e. The molecule has 2 atom stereocenters. The number of para-hydroxylation sites is 1. The Kier molecular flexibility index (Phi) is 3.77. The van der Waals surface area contributed by atoms with Gasteiger partial charge in [0.05, 0.1) is 5.54 Å². The van der Waals surface area contributed by atoms with Gasteiger partial charge in [0, 0.05) is 24.0 Å². The van der Waals surface area contributed by atoms with Gasteiger partial charge in [-0.05, 0) is 43.1 Å². The van der Waals surface area contributed by atoms with Crippen molar-refractivity contribution in [2.45, 2.75) is 43.4 Å². The molecule has 2 N–H and O–H groups in total. The van der Waals surface area contributed by atoms with Gasteiger partial charge in [0.15, 0.2) is 0 Å².